The van der Waals surface area contributed by atoms with Crippen LogP contribution in [0.25, 0.3) is 0 Å². The Kier molecular flexibility index (Phi) is 7.27. The normalized spacial score (nSPS) is 13.5. The Labute approximate surface area is 129 Å². The second kappa shape index (κ2) is 8.71. The molecule has 21 heavy (non-hydrogen) atoms. The van der Waals surface area contributed by atoms with E-state index in [0.717, 1.165) is 24.9 Å². The summed E-state index contributed by atoms with van der Waals surface area (Å²) < 4.78 is 4.99. The molecule has 1 N–H and O–H groups in total. The SMILES string of the molecule is CCCCCCCC(C)(Nc1cccc(C)c1)C(=O)OC. The van der Waals surface area contributed by atoms with Gasteiger partial charge >= 0.3 is 5.97 Å². The molecule has 0 heterocycles. The topological polar surface area (TPSA) is 38.3 Å². The highest BCUT2D eigenvalue weighted by molar-refractivity contribution is 5.84. The number of ether oxygens (including phenoxy) is 1. The average molecular weight is 291 g/mol. The molecule has 1 aromatic rings. The zero-order chi connectivity index (χ0) is 15.7. The second-order valence-corrected chi connectivity index (χ2v) is 5.98. The fourth-order valence-corrected chi connectivity index (χ4v) is 2.56. The van der Waals surface area contributed by atoms with Crippen LogP contribution in [-0.4, -0.2) is 18.6 Å². The number of carbonyl (C=O) groups is 1. The fourth-order valence-electron chi connectivity index (χ4n) is 2.56. The summed E-state index contributed by atoms with van der Waals surface area (Å²) >= 11 is 0. The number of hydrogen-bond donors (Lipinski definition) is 1. The fraction of sp³-hybridized carbons (Fsp3) is 0.611. The first kappa shape index (κ1) is 17.5. The largest absolute Gasteiger partial charge is 0.467 e. The first-order valence-electron chi connectivity index (χ1n) is 7.95. The molecule has 0 aliphatic heterocycles. The first-order valence-corrected chi connectivity index (χ1v) is 7.95. The Morgan fingerprint density at radius 1 is 1.24 bits per heavy atom. The van der Waals surface area contributed by atoms with E-state index in [9.17, 15) is 4.79 Å². The molecule has 0 fully saturated rings. The van der Waals surface area contributed by atoms with Gasteiger partial charge in [-0.2, -0.15) is 0 Å². The van der Waals surface area contributed by atoms with Crippen LogP contribution in [0, 0.1) is 6.92 Å². The number of benzene rings is 1. The van der Waals surface area contributed by atoms with E-state index in [-0.39, 0.29) is 5.97 Å². The standard InChI is InChI=1S/C18H29NO2/c1-5-6-7-8-9-13-18(3,17(20)21-4)19-16-12-10-11-15(2)14-16/h10-12,14,19H,5-9,13H2,1-4H3. The van der Waals surface area contributed by atoms with Crippen LogP contribution < -0.4 is 5.32 Å². The summed E-state index contributed by atoms with van der Waals surface area (Å²) in [5.74, 6) is -0.195. The summed E-state index contributed by atoms with van der Waals surface area (Å²) in [7, 11) is 1.45. The van der Waals surface area contributed by atoms with Gasteiger partial charge in [-0.1, -0.05) is 51.2 Å². The lowest BCUT2D eigenvalue weighted by molar-refractivity contribution is -0.145. The maximum absolute atomic E-state index is 12.2. The molecule has 0 aromatic heterocycles. The van der Waals surface area contributed by atoms with Gasteiger partial charge in [-0.25, -0.2) is 4.79 Å². The number of rotatable bonds is 9. The van der Waals surface area contributed by atoms with Crippen molar-refractivity contribution in [1.29, 1.82) is 0 Å². The average Bonchev–Trinajstić information content (AvgIpc) is 2.46. The number of esters is 1. The molecule has 0 saturated heterocycles. The van der Waals surface area contributed by atoms with Crippen LogP contribution in [-0.2, 0) is 9.53 Å². The van der Waals surface area contributed by atoms with Gasteiger partial charge in [-0.3, -0.25) is 0 Å². The van der Waals surface area contributed by atoms with Crippen LogP contribution in [0.5, 0.6) is 0 Å². The van der Waals surface area contributed by atoms with Gasteiger partial charge in [0.1, 0.15) is 5.54 Å². The van der Waals surface area contributed by atoms with E-state index in [0.29, 0.717) is 0 Å². The molecule has 0 aliphatic rings. The molecule has 118 valence electrons. The van der Waals surface area contributed by atoms with E-state index in [4.69, 9.17) is 4.74 Å². The van der Waals surface area contributed by atoms with Gasteiger partial charge in [0.25, 0.3) is 0 Å². The van der Waals surface area contributed by atoms with Crippen molar-refractivity contribution in [1.82, 2.24) is 0 Å². The van der Waals surface area contributed by atoms with Crippen LogP contribution in [0.1, 0.15) is 57.9 Å². The highest BCUT2D eigenvalue weighted by atomic mass is 16.5. The van der Waals surface area contributed by atoms with Crippen molar-refractivity contribution in [2.45, 2.75) is 64.8 Å². The van der Waals surface area contributed by atoms with Crippen molar-refractivity contribution in [3.8, 4) is 0 Å². The molecular weight excluding hydrogens is 262 g/mol. The zero-order valence-corrected chi connectivity index (χ0v) is 13.9. The van der Waals surface area contributed by atoms with Crippen LogP contribution in [0.3, 0.4) is 0 Å². The minimum atomic E-state index is -0.658. The zero-order valence-electron chi connectivity index (χ0n) is 13.9. The Morgan fingerprint density at radius 3 is 2.57 bits per heavy atom. The third kappa shape index (κ3) is 5.78. The van der Waals surface area contributed by atoms with Crippen molar-refractivity contribution in [3.63, 3.8) is 0 Å². The number of methoxy groups -OCH3 is 1. The van der Waals surface area contributed by atoms with E-state index in [2.05, 4.69) is 18.3 Å². The molecular formula is C18H29NO2. The smallest absolute Gasteiger partial charge is 0.331 e. The third-order valence-corrected chi connectivity index (χ3v) is 3.85. The first-order chi connectivity index (χ1) is 10.0. The molecule has 0 spiro atoms. The minimum Gasteiger partial charge on any atom is -0.467 e. The Balaban J connectivity index is 2.67. The van der Waals surface area contributed by atoms with E-state index in [1.54, 1.807) is 0 Å². The molecule has 3 nitrogen and oxygen atoms in total. The van der Waals surface area contributed by atoms with E-state index in [1.165, 1.54) is 31.9 Å². The van der Waals surface area contributed by atoms with E-state index in [1.807, 2.05) is 32.0 Å². The van der Waals surface area contributed by atoms with Gasteiger partial charge in [0.2, 0.25) is 0 Å². The molecule has 1 unspecified atom stereocenters. The van der Waals surface area contributed by atoms with Crippen LogP contribution in [0.4, 0.5) is 5.69 Å². The summed E-state index contributed by atoms with van der Waals surface area (Å²) in [6.07, 6.45) is 6.71. The maximum Gasteiger partial charge on any atom is 0.331 e. The summed E-state index contributed by atoms with van der Waals surface area (Å²) in [6.45, 7) is 6.18. The number of aryl methyl sites for hydroxylation is 1. The lowest BCUT2D eigenvalue weighted by Crippen LogP contribution is -2.44. The molecule has 0 radical (unpaired) electrons. The molecule has 1 atom stereocenters. The summed E-state index contributed by atoms with van der Waals surface area (Å²) in [5.41, 5.74) is 1.49. The molecule has 3 heteroatoms. The van der Waals surface area contributed by atoms with Crippen molar-refractivity contribution in [3.05, 3.63) is 29.8 Å². The van der Waals surface area contributed by atoms with Crippen molar-refractivity contribution >= 4 is 11.7 Å². The summed E-state index contributed by atoms with van der Waals surface area (Å²) in [6, 6.07) is 8.09. The Hall–Kier alpha value is -1.51. The number of anilines is 1. The molecule has 0 saturated carbocycles. The number of unbranched alkanes of at least 4 members (excludes halogenated alkanes) is 4. The summed E-state index contributed by atoms with van der Waals surface area (Å²) in [5, 5.41) is 3.36. The van der Waals surface area contributed by atoms with Gasteiger partial charge in [0.05, 0.1) is 7.11 Å². The summed E-state index contributed by atoms with van der Waals surface area (Å²) in [4.78, 5) is 12.2. The van der Waals surface area contributed by atoms with Crippen LogP contribution in [0.2, 0.25) is 0 Å². The molecule has 1 aromatic carbocycles. The monoisotopic (exact) mass is 291 g/mol. The molecule has 0 aliphatic carbocycles. The number of hydrogen-bond acceptors (Lipinski definition) is 3. The van der Waals surface area contributed by atoms with Gasteiger partial charge in [-0.15, -0.1) is 0 Å². The van der Waals surface area contributed by atoms with Crippen LogP contribution in [0.15, 0.2) is 24.3 Å². The second-order valence-electron chi connectivity index (χ2n) is 5.98. The third-order valence-electron chi connectivity index (χ3n) is 3.85. The molecule has 0 amide bonds. The van der Waals surface area contributed by atoms with Gasteiger partial charge in [0.15, 0.2) is 0 Å². The van der Waals surface area contributed by atoms with Crippen molar-refractivity contribution in [2.75, 3.05) is 12.4 Å². The van der Waals surface area contributed by atoms with Gasteiger partial charge < -0.3 is 10.1 Å². The lowest BCUT2D eigenvalue weighted by Gasteiger charge is -2.29. The van der Waals surface area contributed by atoms with Crippen LogP contribution >= 0.6 is 0 Å². The van der Waals surface area contributed by atoms with Crippen molar-refractivity contribution in [2.24, 2.45) is 0 Å². The van der Waals surface area contributed by atoms with Gasteiger partial charge in [-0.05, 0) is 38.0 Å². The van der Waals surface area contributed by atoms with E-state index < -0.39 is 5.54 Å². The van der Waals surface area contributed by atoms with Crippen molar-refractivity contribution < 1.29 is 9.53 Å². The lowest BCUT2D eigenvalue weighted by atomic mass is 9.93. The molecule has 0 bridgehead atoms. The minimum absolute atomic E-state index is 0.195. The maximum atomic E-state index is 12.2. The molecule has 1 rings (SSSR count). The number of carbonyl (C=O) groups excluding carboxylic acids is 1. The highest BCUT2D eigenvalue weighted by Gasteiger charge is 2.33. The predicted molar refractivity (Wildman–Crippen MR) is 88.6 cm³/mol. The van der Waals surface area contributed by atoms with Gasteiger partial charge in [0, 0.05) is 5.69 Å². The van der Waals surface area contributed by atoms with E-state index >= 15 is 0 Å². The highest BCUT2D eigenvalue weighted by Crippen LogP contribution is 2.24. The Bertz CT molecular complexity index is 445. The quantitative estimate of drug-likeness (QED) is 0.529. The predicted octanol–water partition coefficient (Wildman–Crippen LogP) is 4.70. The Morgan fingerprint density at radius 2 is 1.95 bits per heavy atom. The number of nitrogens with one attached hydrogen (secondary N) is 1.